The molecule has 0 aliphatic carbocycles. The second-order valence-electron chi connectivity index (χ2n) is 7.56. The number of hydrogen-bond acceptors (Lipinski definition) is 5. The summed E-state index contributed by atoms with van der Waals surface area (Å²) < 4.78 is 66.3. The van der Waals surface area contributed by atoms with E-state index in [0.717, 1.165) is 17.7 Å². The maximum absolute atomic E-state index is 13.0. The number of hydrogen-bond donors (Lipinski definition) is 2. The third kappa shape index (κ3) is 4.33. The summed E-state index contributed by atoms with van der Waals surface area (Å²) in [5.74, 6) is -0.431. The molecule has 1 atom stereocenters. The van der Waals surface area contributed by atoms with Crippen LogP contribution in [0.2, 0.25) is 0 Å². The molecule has 0 radical (unpaired) electrons. The Morgan fingerprint density at radius 3 is 2.45 bits per heavy atom. The average molecular weight is 454 g/mol. The van der Waals surface area contributed by atoms with Crippen LogP contribution in [0.4, 0.5) is 24.5 Å². The number of carbonyl (C=O) groups is 1. The van der Waals surface area contributed by atoms with Gasteiger partial charge in [0.2, 0.25) is 10.0 Å². The quantitative estimate of drug-likeness (QED) is 0.729. The molecule has 2 aromatic carbocycles. The van der Waals surface area contributed by atoms with Gasteiger partial charge in [-0.05, 0) is 42.8 Å². The molecule has 2 aromatic rings. The van der Waals surface area contributed by atoms with E-state index < -0.39 is 33.8 Å². The third-order valence-electron chi connectivity index (χ3n) is 5.37. The Balaban J connectivity index is 1.44. The highest BCUT2D eigenvalue weighted by molar-refractivity contribution is 7.89. The summed E-state index contributed by atoms with van der Waals surface area (Å²) in [6, 6.07) is 9.89. The summed E-state index contributed by atoms with van der Waals surface area (Å²) in [5.41, 5.74) is 0.921. The van der Waals surface area contributed by atoms with Crippen molar-refractivity contribution in [1.82, 2.24) is 9.62 Å². The number of fused-ring (bicyclic) bond motifs is 1. The first kappa shape index (κ1) is 21.4. The molecule has 166 valence electrons. The first-order valence-electron chi connectivity index (χ1n) is 9.65. The minimum absolute atomic E-state index is 0.0801. The van der Waals surface area contributed by atoms with Crippen molar-refractivity contribution in [1.29, 1.82) is 0 Å². The normalized spacial score (nSPS) is 20.7. The molecule has 1 amide bonds. The molecular weight excluding hydrogens is 433 g/mol. The van der Waals surface area contributed by atoms with Gasteiger partial charge in [-0.1, -0.05) is 12.1 Å². The van der Waals surface area contributed by atoms with Crippen molar-refractivity contribution in [2.24, 2.45) is 0 Å². The molecule has 11 heteroatoms. The zero-order valence-corrected chi connectivity index (χ0v) is 17.4. The number of halogens is 3. The van der Waals surface area contributed by atoms with Gasteiger partial charge in [-0.3, -0.25) is 4.79 Å². The highest BCUT2D eigenvalue weighted by Gasteiger charge is 2.36. The number of benzene rings is 2. The van der Waals surface area contributed by atoms with Gasteiger partial charge < -0.3 is 15.1 Å². The van der Waals surface area contributed by atoms with Crippen molar-refractivity contribution in [2.75, 3.05) is 36.4 Å². The largest absolute Gasteiger partial charge is 0.416 e. The van der Waals surface area contributed by atoms with Crippen LogP contribution in [0, 0.1) is 6.92 Å². The second-order valence-corrected chi connectivity index (χ2v) is 9.24. The fourth-order valence-corrected chi connectivity index (χ4v) is 5.00. The highest BCUT2D eigenvalue weighted by Crippen LogP contribution is 2.32. The Hall–Kier alpha value is -2.79. The van der Waals surface area contributed by atoms with Crippen LogP contribution >= 0.6 is 0 Å². The molecule has 2 aliphatic heterocycles. The maximum Gasteiger partial charge on any atom is 0.416 e. The number of aryl methyl sites for hydroxylation is 1. The van der Waals surface area contributed by atoms with Crippen LogP contribution in [0.5, 0.6) is 0 Å². The fraction of sp³-hybridized carbons (Fsp3) is 0.350. The van der Waals surface area contributed by atoms with Crippen LogP contribution < -0.4 is 14.9 Å². The van der Waals surface area contributed by atoms with Crippen LogP contribution in [-0.4, -0.2) is 51.6 Å². The van der Waals surface area contributed by atoms with Crippen molar-refractivity contribution in [2.45, 2.75) is 24.2 Å². The number of amides is 1. The summed E-state index contributed by atoms with van der Waals surface area (Å²) in [7, 11) is -3.84. The number of carbonyl (C=O) groups excluding carboxylic acids is 1. The first-order valence-corrected chi connectivity index (χ1v) is 11.1. The number of anilines is 2. The molecular formula is C20H21F3N4O3S. The summed E-state index contributed by atoms with van der Waals surface area (Å²) in [4.78, 5) is 16.3. The van der Waals surface area contributed by atoms with Gasteiger partial charge in [0.15, 0.2) is 6.17 Å². The summed E-state index contributed by atoms with van der Waals surface area (Å²) >= 11 is 0. The molecule has 0 spiro atoms. The Labute approximate surface area is 177 Å². The van der Waals surface area contributed by atoms with Gasteiger partial charge in [0, 0.05) is 31.9 Å². The molecule has 1 saturated heterocycles. The zero-order chi connectivity index (χ0) is 22.4. The zero-order valence-electron chi connectivity index (χ0n) is 16.6. The van der Waals surface area contributed by atoms with E-state index in [1.807, 2.05) is 6.92 Å². The average Bonchev–Trinajstić information content (AvgIpc) is 2.72. The van der Waals surface area contributed by atoms with Crippen molar-refractivity contribution in [3.63, 3.8) is 0 Å². The van der Waals surface area contributed by atoms with Crippen molar-refractivity contribution >= 4 is 27.3 Å². The molecule has 0 saturated carbocycles. The van der Waals surface area contributed by atoms with E-state index in [-0.39, 0.29) is 18.0 Å². The summed E-state index contributed by atoms with van der Waals surface area (Å²) in [6.45, 7) is 3.01. The lowest BCUT2D eigenvalue weighted by molar-refractivity contribution is -0.137. The molecule has 1 fully saturated rings. The minimum Gasteiger partial charge on any atom is -0.368 e. The van der Waals surface area contributed by atoms with Crippen LogP contribution in [0.25, 0.3) is 0 Å². The molecule has 0 bridgehead atoms. The number of piperazine rings is 1. The molecule has 2 N–H and O–H groups in total. The van der Waals surface area contributed by atoms with Gasteiger partial charge >= 0.3 is 6.18 Å². The van der Waals surface area contributed by atoms with Crippen molar-refractivity contribution < 1.29 is 26.4 Å². The number of rotatable bonds is 2. The van der Waals surface area contributed by atoms with Gasteiger partial charge in [-0.25, -0.2) is 8.42 Å². The number of nitrogens with zero attached hydrogens (tertiary/aromatic N) is 2. The first-order chi connectivity index (χ1) is 14.5. The van der Waals surface area contributed by atoms with Gasteiger partial charge in [0.25, 0.3) is 5.91 Å². The standard InChI is InChI=1S/C20H21F3N4O3S/c1-13-5-6-17-16(11-13)24-18(25-31(17,29)30)19(28)27-9-7-26(8-10-27)15-4-2-3-14(12-15)20(21,22)23/h2-6,11-12,18,24-25H,7-10H2,1H3/t18-/m0/s1. The number of alkyl halides is 3. The fourth-order valence-electron chi connectivity index (χ4n) is 3.75. The van der Waals surface area contributed by atoms with Crippen LogP contribution in [0.1, 0.15) is 11.1 Å². The van der Waals surface area contributed by atoms with Gasteiger partial charge in [-0.15, -0.1) is 0 Å². The SMILES string of the molecule is Cc1ccc2c(c1)N[C@H](C(=O)N1CCN(c3cccc(C(F)(F)F)c3)CC1)NS2(=O)=O. The monoisotopic (exact) mass is 454 g/mol. The van der Waals surface area contributed by atoms with Gasteiger partial charge in [0.05, 0.1) is 11.3 Å². The van der Waals surface area contributed by atoms with E-state index in [0.29, 0.717) is 24.5 Å². The molecule has 2 aliphatic rings. The predicted molar refractivity (Wildman–Crippen MR) is 109 cm³/mol. The van der Waals surface area contributed by atoms with E-state index in [4.69, 9.17) is 0 Å². The smallest absolute Gasteiger partial charge is 0.368 e. The van der Waals surface area contributed by atoms with Crippen molar-refractivity contribution in [3.8, 4) is 0 Å². The summed E-state index contributed by atoms with van der Waals surface area (Å²) in [5, 5.41) is 2.94. The van der Waals surface area contributed by atoms with Crippen LogP contribution in [0.15, 0.2) is 47.4 Å². The second kappa shape index (κ2) is 7.72. The lowest BCUT2D eigenvalue weighted by Gasteiger charge is -2.38. The molecule has 4 rings (SSSR count). The number of sulfonamides is 1. The lowest BCUT2D eigenvalue weighted by atomic mass is 10.1. The predicted octanol–water partition coefficient (Wildman–Crippen LogP) is 2.39. The molecule has 0 aromatic heterocycles. The molecule has 7 nitrogen and oxygen atoms in total. The summed E-state index contributed by atoms with van der Waals surface area (Å²) in [6.07, 6.45) is -5.56. The Morgan fingerprint density at radius 2 is 1.77 bits per heavy atom. The topological polar surface area (TPSA) is 81.8 Å². The lowest BCUT2D eigenvalue weighted by Crippen LogP contribution is -2.58. The molecule has 31 heavy (non-hydrogen) atoms. The molecule has 2 heterocycles. The number of nitrogens with one attached hydrogen (secondary N) is 2. The Bertz CT molecular complexity index is 1110. The maximum atomic E-state index is 13.0. The van der Waals surface area contributed by atoms with E-state index in [1.165, 1.54) is 17.0 Å². The highest BCUT2D eigenvalue weighted by atomic mass is 32.2. The van der Waals surface area contributed by atoms with E-state index >= 15 is 0 Å². The minimum atomic E-state index is -4.42. The molecule has 0 unspecified atom stereocenters. The van der Waals surface area contributed by atoms with E-state index in [9.17, 15) is 26.4 Å². The van der Waals surface area contributed by atoms with Crippen LogP contribution in [-0.2, 0) is 21.0 Å². The van der Waals surface area contributed by atoms with Gasteiger partial charge in [0.1, 0.15) is 4.90 Å². The third-order valence-corrected chi connectivity index (χ3v) is 6.86. The van der Waals surface area contributed by atoms with E-state index in [1.54, 1.807) is 23.1 Å². The Morgan fingerprint density at radius 1 is 1.06 bits per heavy atom. The van der Waals surface area contributed by atoms with Crippen LogP contribution in [0.3, 0.4) is 0 Å². The van der Waals surface area contributed by atoms with Gasteiger partial charge in [-0.2, -0.15) is 17.9 Å². The Kier molecular flexibility index (Phi) is 5.34. The van der Waals surface area contributed by atoms with E-state index in [2.05, 4.69) is 10.0 Å². The van der Waals surface area contributed by atoms with Crippen molar-refractivity contribution in [3.05, 3.63) is 53.6 Å².